The lowest BCUT2D eigenvalue weighted by Crippen LogP contribution is -2.29. The second kappa shape index (κ2) is 7.26. The van der Waals surface area contributed by atoms with E-state index < -0.39 is 16.0 Å². The van der Waals surface area contributed by atoms with Gasteiger partial charge in [-0.15, -0.1) is 0 Å². The molecule has 0 amide bonds. The molecule has 0 atom stereocenters. The number of sulfonamides is 1. The molecule has 20 heavy (non-hydrogen) atoms. The Morgan fingerprint density at radius 3 is 2.55 bits per heavy atom. The van der Waals surface area contributed by atoms with Crippen molar-refractivity contribution in [2.75, 3.05) is 12.8 Å². The number of aliphatic carboxylic acids is 1. The minimum absolute atomic E-state index is 0.0797. The summed E-state index contributed by atoms with van der Waals surface area (Å²) < 4.78 is 25.1. The molecule has 8 heteroatoms. The summed E-state index contributed by atoms with van der Waals surface area (Å²) in [4.78, 5) is 10.4. The van der Waals surface area contributed by atoms with Crippen LogP contribution in [0.1, 0.15) is 18.4 Å². The highest BCUT2D eigenvalue weighted by atomic mass is 35.5. The molecule has 1 rings (SSSR count). The Labute approximate surface area is 128 Å². The van der Waals surface area contributed by atoms with Gasteiger partial charge in [0.05, 0.1) is 5.75 Å². The molecule has 5 nitrogen and oxygen atoms in total. The molecular weight excluding hydrogens is 325 g/mol. The number of benzene rings is 1. The summed E-state index contributed by atoms with van der Waals surface area (Å²) in [5.74, 6) is -1.22. The van der Waals surface area contributed by atoms with E-state index in [4.69, 9.17) is 28.3 Å². The van der Waals surface area contributed by atoms with Gasteiger partial charge in [-0.25, -0.2) is 12.7 Å². The van der Waals surface area contributed by atoms with E-state index in [9.17, 15) is 13.2 Å². The fourth-order valence-electron chi connectivity index (χ4n) is 1.55. The molecule has 0 aliphatic carbocycles. The van der Waals surface area contributed by atoms with Gasteiger partial charge in [-0.1, -0.05) is 29.3 Å². The van der Waals surface area contributed by atoms with Gasteiger partial charge in [-0.05, 0) is 24.1 Å². The first kappa shape index (κ1) is 17.2. The number of carboxylic acid groups (broad SMARTS) is 1. The summed E-state index contributed by atoms with van der Waals surface area (Å²) in [6, 6.07) is 4.84. The lowest BCUT2D eigenvalue weighted by Gasteiger charge is -2.17. The summed E-state index contributed by atoms with van der Waals surface area (Å²) in [5, 5.41) is 9.38. The first-order valence-corrected chi connectivity index (χ1v) is 8.18. The Balaban J connectivity index is 2.69. The summed E-state index contributed by atoms with van der Waals surface area (Å²) in [6.45, 7) is 0.116. The molecule has 0 spiro atoms. The smallest absolute Gasteiger partial charge is 0.303 e. The van der Waals surface area contributed by atoms with Crippen LogP contribution in [0.4, 0.5) is 0 Å². The largest absolute Gasteiger partial charge is 0.481 e. The van der Waals surface area contributed by atoms with Crippen LogP contribution in [0.5, 0.6) is 0 Å². The second-order valence-electron chi connectivity index (χ2n) is 4.31. The topological polar surface area (TPSA) is 74.7 Å². The van der Waals surface area contributed by atoms with Crippen LogP contribution in [0.25, 0.3) is 0 Å². The van der Waals surface area contributed by atoms with Crippen molar-refractivity contribution in [3.05, 3.63) is 33.8 Å². The van der Waals surface area contributed by atoms with E-state index in [0.29, 0.717) is 15.6 Å². The van der Waals surface area contributed by atoms with Crippen molar-refractivity contribution < 1.29 is 18.3 Å². The number of carbonyl (C=O) groups is 1. The summed E-state index contributed by atoms with van der Waals surface area (Å²) in [6.07, 6.45) is -0.0921. The Morgan fingerprint density at radius 1 is 1.35 bits per heavy atom. The molecule has 112 valence electrons. The van der Waals surface area contributed by atoms with Crippen LogP contribution in [0.3, 0.4) is 0 Å². The quantitative estimate of drug-likeness (QED) is 0.828. The van der Waals surface area contributed by atoms with E-state index in [-0.39, 0.29) is 25.1 Å². The number of hydrogen-bond donors (Lipinski definition) is 1. The van der Waals surface area contributed by atoms with Crippen LogP contribution in [0.15, 0.2) is 18.2 Å². The zero-order valence-corrected chi connectivity index (χ0v) is 13.2. The van der Waals surface area contributed by atoms with Gasteiger partial charge < -0.3 is 5.11 Å². The van der Waals surface area contributed by atoms with E-state index in [1.807, 2.05) is 0 Å². The van der Waals surface area contributed by atoms with Gasteiger partial charge in [0.1, 0.15) is 0 Å². The lowest BCUT2D eigenvalue weighted by molar-refractivity contribution is -0.137. The molecule has 0 saturated heterocycles. The van der Waals surface area contributed by atoms with E-state index >= 15 is 0 Å². The Bertz CT molecular complexity index is 589. The van der Waals surface area contributed by atoms with Gasteiger partial charge in [0.2, 0.25) is 10.0 Å². The van der Waals surface area contributed by atoms with Crippen molar-refractivity contribution in [1.82, 2.24) is 4.31 Å². The maximum atomic E-state index is 12.0. The zero-order valence-electron chi connectivity index (χ0n) is 10.8. The number of nitrogens with zero attached hydrogens (tertiary/aromatic N) is 1. The minimum atomic E-state index is -3.50. The first-order chi connectivity index (χ1) is 9.22. The average molecular weight is 340 g/mol. The van der Waals surface area contributed by atoms with Crippen LogP contribution in [-0.4, -0.2) is 36.6 Å². The standard InChI is InChI=1S/C12H15Cl2NO4S/c1-15(20(18,19)6-2-3-12(16)17)8-9-4-5-10(13)7-11(9)14/h4-5,7H,2-3,6,8H2,1H3,(H,16,17). The van der Waals surface area contributed by atoms with Gasteiger partial charge in [-0.3, -0.25) is 4.79 Å². The van der Waals surface area contributed by atoms with E-state index in [1.54, 1.807) is 18.2 Å². The molecule has 0 unspecified atom stereocenters. The maximum Gasteiger partial charge on any atom is 0.303 e. The summed E-state index contributed by atoms with van der Waals surface area (Å²) in [5.41, 5.74) is 0.639. The van der Waals surface area contributed by atoms with Crippen LogP contribution in [0, 0.1) is 0 Å². The van der Waals surface area contributed by atoms with Crippen LogP contribution >= 0.6 is 23.2 Å². The Kier molecular flexibility index (Phi) is 6.26. The SMILES string of the molecule is CN(Cc1ccc(Cl)cc1Cl)S(=O)(=O)CCCC(=O)O. The highest BCUT2D eigenvalue weighted by molar-refractivity contribution is 7.89. The molecule has 0 heterocycles. The molecule has 0 aliphatic rings. The van der Waals surface area contributed by atoms with Crippen molar-refractivity contribution in [2.45, 2.75) is 19.4 Å². The van der Waals surface area contributed by atoms with Gasteiger partial charge in [0.15, 0.2) is 0 Å². The predicted molar refractivity (Wildman–Crippen MR) is 78.6 cm³/mol. The highest BCUT2D eigenvalue weighted by Crippen LogP contribution is 2.22. The third kappa shape index (κ3) is 5.28. The van der Waals surface area contributed by atoms with E-state index in [0.717, 1.165) is 4.31 Å². The second-order valence-corrected chi connectivity index (χ2v) is 7.34. The number of rotatable bonds is 7. The molecule has 0 aromatic heterocycles. The normalized spacial score (nSPS) is 11.8. The van der Waals surface area contributed by atoms with Crippen LogP contribution < -0.4 is 0 Å². The van der Waals surface area contributed by atoms with Crippen molar-refractivity contribution in [1.29, 1.82) is 0 Å². The fourth-order valence-corrected chi connectivity index (χ4v) is 3.17. The monoisotopic (exact) mass is 339 g/mol. The number of hydrogen-bond acceptors (Lipinski definition) is 3. The molecule has 0 saturated carbocycles. The van der Waals surface area contributed by atoms with Gasteiger partial charge in [0, 0.05) is 30.1 Å². The molecule has 1 aromatic carbocycles. The van der Waals surface area contributed by atoms with Gasteiger partial charge >= 0.3 is 5.97 Å². The third-order valence-corrected chi connectivity index (χ3v) is 5.15. The van der Waals surface area contributed by atoms with Crippen LogP contribution in [0.2, 0.25) is 10.0 Å². The summed E-state index contributed by atoms with van der Waals surface area (Å²) in [7, 11) is -2.07. The van der Waals surface area contributed by atoms with Crippen molar-refractivity contribution >= 4 is 39.2 Å². The maximum absolute atomic E-state index is 12.0. The highest BCUT2D eigenvalue weighted by Gasteiger charge is 2.19. The van der Waals surface area contributed by atoms with Crippen molar-refractivity contribution in [2.24, 2.45) is 0 Å². The van der Waals surface area contributed by atoms with E-state index in [1.165, 1.54) is 7.05 Å². The zero-order chi connectivity index (χ0) is 15.3. The third-order valence-electron chi connectivity index (χ3n) is 2.68. The first-order valence-electron chi connectivity index (χ1n) is 5.82. The molecule has 1 aromatic rings. The average Bonchev–Trinajstić information content (AvgIpc) is 2.31. The van der Waals surface area contributed by atoms with Crippen molar-refractivity contribution in [3.8, 4) is 0 Å². The molecular formula is C12H15Cl2NO4S. The minimum Gasteiger partial charge on any atom is -0.481 e. The number of halogens is 2. The van der Waals surface area contributed by atoms with Gasteiger partial charge in [-0.2, -0.15) is 0 Å². The Morgan fingerprint density at radius 2 is 2.00 bits per heavy atom. The lowest BCUT2D eigenvalue weighted by atomic mass is 10.2. The molecule has 0 bridgehead atoms. The predicted octanol–water partition coefficient (Wildman–Crippen LogP) is 2.62. The van der Waals surface area contributed by atoms with Crippen molar-refractivity contribution in [3.63, 3.8) is 0 Å². The molecule has 1 N–H and O–H groups in total. The summed E-state index contributed by atoms with van der Waals surface area (Å²) >= 11 is 11.8. The van der Waals surface area contributed by atoms with Crippen LogP contribution in [-0.2, 0) is 21.4 Å². The molecule has 0 radical (unpaired) electrons. The number of carboxylic acids is 1. The fraction of sp³-hybridized carbons (Fsp3) is 0.417. The Hall–Kier alpha value is -0.820. The van der Waals surface area contributed by atoms with Gasteiger partial charge in [0.25, 0.3) is 0 Å². The molecule has 0 aliphatic heterocycles. The van der Waals surface area contributed by atoms with E-state index in [2.05, 4.69) is 0 Å². The molecule has 0 fully saturated rings.